The average molecular weight is 279 g/mol. The lowest BCUT2D eigenvalue weighted by Crippen LogP contribution is -2.42. The zero-order valence-electron chi connectivity index (χ0n) is 11.3. The third kappa shape index (κ3) is 6.19. The highest BCUT2D eigenvalue weighted by Crippen LogP contribution is 2.10. The monoisotopic (exact) mass is 279 g/mol. The molecular weight excluding hydrogens is 258 g/mol. The van der Waals surface area contributed by atoms with Gasteiger partial charge in [-0.2, -0.15) is 0 Å². The standard InChI is InChI=1S/C14H21N3O3/c15-12(9-10-4-6-11(18)7-5-10)14(20)17-8-2-1-3-13(16)19/h4-7,12,18H,1-3,8-9,15H2,(H2,16,19)(H,17,20)/t12-/m1/s1. The van der Waals surface area contributed by atoms with Gasteiger partial charge in [0.25, 0.3) is 0 Å². The first kappa shape index (κ1) is 16.0. The zero-order valence-corrected chi connectivity index (χ0v) is 11.3. The Labute approximate surface area is 118 Å². The summed E-state index contributed by atoms with van der Waals surface area (Å²) in [5.41, 5.74) is 11.7. The van der Waals surface area contributed by atoms with Crippen molar-refractivity contribution in [3.05, 3.63) is 29.8 Å². The van der Waals surface area contributed by atoms with Crippen LogP contribution in [0.1, 0.15) is 24.8 Å². The van der Waals surface area contributed by atoms with Crippen LogP contribution in [-0.4, -0.2) is 29.5 Å². The second kappa shape index (κ2) is 8.16. The van der Waals surface area contributed by atoms with Crippen molar-refractivity contribution in [2.45, 2.75) is 31.7 Å². The van der Waals surface area contributed by atoms with Gasteiger partial charge in [-0.1, -0.05) is 12.1 Å². The number of aromatic hydroxyl groups is 1. The number of nitrogens with two attached hydrogens (primary N) is 2. The molecule has 0 saturated carbocycles. The summed E-state index contributed by atoms with van der Waals surface area (Å²) in [7, 11) is 0. The van der Waals surface area contributed by atoms with Gasteiger partial charge in [-0.3, -0.25) is 9.59 Å². The number of primary amides is 1. The fourth-order valence-electron chi connectivity index (χ4n) is 1.75. The van der Waals surface area contributed by atoms with Gasteiger partial charge in [-0.25, -0.2) is 0 Å². The molecule has 1 rings (SSSR count). The maximum Gasteiger partial charge on any atom is 0.237 e. The van der Waals surface area contributed by atoms with Gasteiger partial charge in [-0.05, 0) is 37.0 Å². The topological polar surface area (TPSA) is 118 Å². The van der Waals surface area contributed by atoms with Crippen LogP contribution in [0.5, 0.6) is 5.75 Å². The first-order chi connectivity index (χ1) is 9.49. The first-order valence-corrected chi connectivity index (χ1v) is 6.58. The molecule has 0 radical (unpaired) electrons. The van der Waals surface area contributed by atoms with E-state index in [9.17, 15) is 9.59 Å². The lowest BCUT2D eigenvalue weighted by Gasteiger charge is -2.12. The molecule has 0 heterocycles. The second-order valence-electron chi connectivity index (χ2n) is 4.69. The minimum Gasteiger partial charge on any atom is -0.508 e. The highest BCUT2D eigenvalue weighted by Gasteiger charge is 2.13. The molecule has 6 nitrogen and oxygen atoms in total. The molecule has 0 aliphatic carbocycles. The van der Waals surface area contributed by atoms with Crippen molar-refractivity contribution in [3.63, 3.8) is 0 Å². The summed E-state index contributed by atoms with van der Waals surface area (Å²) in [6.45, 7) is 0.482. The highest BCUT2D eigenvalue weighted by atomic mass is 16.3. The SMILES string of the molecule is NC(=O)CCCCNC(=O)[C@H](N)Cc1ccc(O)cc1. The molecule has 0 fully saturated rings. The van der Waals surface area contributed by atoms with Crippen molar-refractivity contribution < 1.29 is 14.7 Å². The number of rotatable bonds is 8. The van der Waals surface area contributed by atoms with E-state index in [-0.39, 0.29) is 17.6 Å². The van der Waals surface area contributed by atoms with E-state index in [1.165, 1.54) is 0 Å². The van der Waals surface area contributed by atoms with E-state index < -0.39 is 6.04 Å². The number of unbranched alkanes of at least 4 members (excludes halogenated alkanes) is 1. The maximum absolute atomic E-state index is 11.7. The van der Waals surface area contributed by atoms with Crippen LogP contribution in [0, 0.1) is 0 Å². The number of phenols is 1. The van der Waals surface area contributed by atoms with Crippen LogP contribution in [0.4, 0.5) is 0 Å². The molecule has 1 aromatic rings. The molecule has 0 unspecified atom stereocenters. The number of hydrogen-bond donors (Lipinski definition) is 4. The van der Waals surface area contributed by atoms with E-state index >= 15 is 0 Å². The fourth-order valence-corrected chi connectivity index (χ4v) is 1.75. The minimum atomic E-state index is -0.629. The van der Waals surface area contributed by atoms with Gasteiger partial charge < -0.3 is 21.9 Å². The molecule has 0 aliphatic heterocycles. The number of amides is 2. The van der Waals surface area contributed by atoms with Crippen LogP contribution in [0.2, 0.25) is 0 Å². The van der Waals surface area contributed by atoms with Gasteiger partial charge in [-0.15, -0.1) is 0 Å². The summed E-state index contributed by atoms with van der Waals surface area (Å²) in [5.74, 6) is -0.376. The normalized spacial score (nSPS) is 11.8. The Bertz CT molecular complexity index is 445. The summed E-state index contributed by atoms with van der Waals surface area (Å²) in [5, 5.41) is 11.9. The Morgan fingerprint density at radius 1 is 1.20 bits per heavy atom. The third-order valence-corrected chi connectivity index (χ3v) is 2.88. The third-order valence-electron chi connectivity index (χ3n) is 2.88. The number of phenolic OH excluding ortho intramolecular Hbond substituents is 1. The lowest BCUT2D eigenvalue weighted by atomic mass is 10.1. The molecule has 6 heteroatoms. The zero-order chi connectivity index (χ0) is 15.0. The van der Waals surface area contributed by atoms with Crippen LogP contribution in [0.25, 0.3) is 0 Å². The van der Waals surface area contributed by atoms with Crippen molar-refractivity contribution in [3.8, 4) is 5.75 Å². The van der Waals surface area contributed by atoms with E-state index in [0.29, 0.717) is 32.2 Å². The van der Waals surface area contributed by atoms with Gasteiger partial charge in [0.15, 0.2) is 0 Å². The molecule has 0 saturated heterocycles. The molecule has 0 spiro atoms. The molecule has 0 bridgehead atoms. The largest absolute Gasteiger partial charge is 0.508 e. The van der Waals surface area contributed by atoms with Crippen LogP contribution >= 0.6 is 0 Å². The lowest BCUT2D eigenvalue weighted by molar-refractivity contribution is -0.122. The highest BCUT2D eigenvalue weighted by molar-refractivity contribution is 5.81. The van der Waals surface area contributed by atoms with E-state index in [2.05, 4.69) is 5.32 Å². The Morgan fingerprint density at radius 2 is 1.85 bits per heavy atom. The smallest absolute Gasteiger partial charge is 0.237 e. The van der Waals surface area contributed by atoms with Gasteiger partial charge in [0.2, 0.25) is 11.8 Å². The van der Waals surface area contributed by atoms with Crippen molar-refractivity contribution >= 4 is 11.8 Å². The van der Waals surface area contributed by atoms with Crippen molar-refractivity contribution in [2.75, 3.05) is 6.54 Å². The van der Waals surface area contributed by atoms with E-state index in [1.807, 2.05) is 0 Å². The summed E-state index contributed by atoms with van der Waals surface area (Å²) in [6.07, 6.45) is 2.09. The summed E-state index contributed by atoms with van der Waals surface area (Å²) >= 11 is 0. The van der Waals surface area contributed by atoms with Gasteiger partial charge in [0.05, 0.1) is 6.04 Å². The van der Waals surface area contributed by atoms with Crippen LogP contribution in [0.3, 0.4) is 0 Å². The van der Waals surface area contributed by atoms with Crippen molar-refractivity contribution in [2.24, 2.45) is 11.5 Å². The fraction of sp³-hybridized carbons (Fsp3) is 0.429. The van der Waals surface area contributed by atoms with Gasteiger partial charge in [0, 0.05) is 13.0 Å². The van der Waals surface area contributed by atoms with Gasteiger partial charge >= 0.3 is 0 Å². The van der Waals surface area contributed by atoms with Crippen LogP contribution in [0.15, 0.2) is 24.3 Å². The number of benzene rings is 1. The molecule has 6 N–H and O–H groups in total. The maximum atomic E-state index is 11.7. The van der Waals surface area contributed by atoms with E-state index in [4.69, 9.17) is 16.6 Å². The Hall–Kier alpha value is -2.08. The van der Waals surface area contributed by atoms with E-state index in [0.717, 1.165) is 5.56 Å². The number of carbonyl (C=O) groups is 2. The Balaban J connectivity index is 2.25. The van der Waals surface area contributed by atoms with Gasteiger partial charge in [0.1, 0.15) is 5.75 Å². The number of carbonyl (C=O) groups excluding carboxylic acids is 2. The molecule has 0 aliphatic rings. The first-order valence-electron chi connectivity index (χ1n) is 6.58. The van der Waals surface area contributed by atoms with Crippen LogP contribution in [-0.2, 0) is 16.0 Å². The summed E-state index contributed by atoms with van der Waals surface area (Å²) in [6, 6.07) is 5.95. The molecule has 2 amide bonds. The van der Waals surface area contributed by atoms with Crippen molar-refractivity contribution in [1.82, 2.24) is 5.32 Å². The number of nitrogens with one attached hydrogen (secondary N) is 1. The summed E-state index contributed by atoms with van der Waals surface area (Å²) in [4.78, 5) is 22.3. The Kier molecular flexibility index (Phi) is 6.52. The second-order valence-corrected chi connectivity index (χ2v) is 4.69. The Morgan fingerprint density at radius 3 is 2.45 bits per heavy atom. The van der Waals surface area contributed by atoms with Crippen molar-refractivity contribution in [1.29, 1.82) is 0 Å². The average Bonchev–Trinajstić information content (AvgIpc) is 2.40. The molecular formula is C14H21N3O3. The molecule has 110 valence electrons. The minimum absolute atomic E-state index is 0.182. The predicted molar refractivity (Wildman–Crippen MR) is 75.8 cm³/mol. The van der Waals surface area contributed by atoms with Crippen LogP contribution < -0.4 is 16.8 Å². The van der Waals surface area contributed by atoms with E-state index in [1.54, 1.807) is 24.3 Å². The quantitative estimate of drug-likeness (QED) is 0.502. The molecule has 1 aromatic carbocycles. The molecule has 1 atom stereocenters. The molecule has 0 aromatic heterocycles. The summed E-state index contributed by atoms with van der Waals surface area (Å²) < 4.78 is 0. The predicted octanol–water partition coefficient (Wildman–Crippen LogP) is 0.0338. The molecule has 20 heavy (non-hydrogen) atoms. The number of hydrogen-bond acceptors (Lipinski definition) is 4.